The zero-order chi connectivity index (χ0) is 19.2. The summed E-state index contributed by atoms with van der Waals surface area (Å²) in [4.78, 5) is 36.8. The molecular weight excluding hydrogens is 368 g/mol. The van der Waals surface area contributed by atoms with E-state index in [0.717, 1.165) is 35.4 Å². The molecular formula is C18H18N4O4S. The highest BCUT2D eigenvalue weighted by Gasteiger charge is 2.22. The average molecular weight is 386 g/mol. The number of fused-ring (bicyclic) bond motifs is 1. The first kappa shape index (κ1) is 18.7. The van der Waals surface area contributed by atoms with E-state index >= 15 is 0 Å². The van der Waals surface area contributed by atoms with E-state index < -0.39 is 4.92 Å². The van der Waals surface area contributed by atoms with Crippen molar-refractivity contribution < 1.29 is 14.5 Å². The number of carbonyl (C=O) groups is 2. The van der Waals surface area contributed by atoms with Crippen molar-refractivity contribution in [2.24, 2.45) is 5.10 Å². The number of para-hydroxylation sites is 1. The zero-order valence-electron chi connectivity index (χ0n) is 14.5. The number of amides is 2. The van der Waals surface area contributed by atoms with Crippen molar-refractivity contribution in [2.45, 2.75) is 25.7 Å². The van der Waals surface area contributed by atoms with Crippen molar-refractivity contribution in [3.8, 4) is 0 Å². The first-order valence-electron chi connectivity index (χ1n) is 8.49. The van der Waals surface area contributed by atoms with Gasteiger partial charge < -0.3 is 4.90 Å². The Morgan fingerprint density at radius 1 is 1.26 bits per heavy atom. The minimum Gasteiger partial charge on any atom is -0.312 e. The molecule has 0 unspecified atom stereocenters. The summed E-state index contributed by atoms with van der Waals surface area (Å²) < 4.78 is 0. The van der Waals surface area contributed by atoms with Gasteiger partial charge in [0, 0.05) is 31.1 Å². The van der Waals surface area contributed by atoms with Crippen LogP contribution in [-0.2, 0) is 16.0 Å². The molecule has 1 N–H and O–H groups in total. The quantitative estimate of drug-likeness (QED) is 0.468. The summed E-state index contributed by atoms with van der Waals surface area (Å²) in [5.74, 6) is -0.467. The lowest BCUT2D eigenvalue weighted by atomic mass is 10.0. The fraction of sp³-hybridized carbons (Fsp3) is 0.278. The van der Waals surface area contributed by atoms with E-state index in [9.17, 15) is 19.7 Å². The summed E-state index contributed by atoms with van der Waals surface area (Å²) in [5, 5.41) is 14.4. The summed E-state index contributed by atoms with van der Waals surface area (Å²) in [6.07, 6.45) is 3.33. The number of carbonyl (C=O) groups excluding carboxylic acids is 2. The summed E-state index contributed by atoms with van der Waals surface area (Å²) in [6, 6.07) is 10.7. The first-order valence-corrected chi connectivity index (χ1v) is 9.30. The van der Waals surface area contributed by atoms with E-state index in [2.05, 4.69) is 10.5 Å². The van der Waals surface area contributed by atoms with Gasteiger partial charge in [-0.25, -0.2) is 5.43 Å². The molecule has 0 bridgehead atoms. The lowest BCUT2D eigenvalue weighted by Crippen LogP contribution is -2.36. The van der Waals surface area contributed by atoms with Gasteiger partial charge in [-0.05, 0) is 30.5 Å². The van der Waals surface area contributed by atoms with Crippen molar-refractivity contribution in [1.82, 2.24) is 5.43 Å². The normalized spacial score (nSPS) is 13.4. The highest BCUT2D eigenvalue weighted by molar-refractivity contribution is 7.16. The highest BCUT2D eigenvalue weighted by atomic mass is 32.1. The number of thiophene rings is 1. The molecule has 2 heterocycles. The van der Waals surface area contributed by atoms with E-state index in [1.165, 1.54) is 12.3 Å². The van der Waals surface area contributed by atoms with Crippen LogP contribution in [0, 0.1) is 10.1 Å². The number of benzene rings is 1. The van der Waals surface area contributed by atoms with E-state index in [4.69, 9.17) is 0 Å². The van der Waals surface area contributed by atoms with Gasteiger partial charge in [-0.2, -0.15) is 5.10 Å². The smallest absolute Gasteiger partial charge is 0.312 e. The summed E-state index contributed by atoms with van der Waals surface area (Å²) in [6.45, 7) is 0.659. The fourth-order valence-electron chi connectivity index (χ4n) is 2.88. The van der Waals surface area contributed by atoms with Gasteiger partial charge in [-0.3, -0.25) is 19.7 Å². The second-order valence-electron chi connectivity index (χ2n) is 6.00. The molecule has 0 spiro atoms. The molecule has 3 rings (SSSR count). The Balaban J connectivity index is 1.48. The van der Waals surface area contributed by atoms with E-state index in [0.29, 0.717) is 11.4 Å². The molecule has 1 aliphatic heterocycles. The Bertz CT molecular complexity index is 893. The van der Waals surface area contributed by atoms with Crippen LogP contribution < -0.4 is 10.3 Å². The minimum atomic E-state index is -0.481. The molecule has 0 fully saturated rings. The molecule has 2 aromatic rings. The molecule has 0 aliphatic carbocycles. The highest BCUT2D eigenvalue weighted by Crippen LogP contribution is 2.27. The fourth-order valence-corrected chi connectivity index (χ4v) is 3.58. The van der Waals surface area contributed by atoms with Crippen molar-refractivity contribution in [2.75, 3.05) is 11.4 Å². The van der Waals surface area contributed by atoms with Gasteiger partial charge in [0.15, 0.2) is 0 Å². The van der Waals surface area contributed by atoms with Gasteiger partial charge in [-0.15, -0.1) is 0 Å². The summed E-state index contributed by atoms with van der Waals surface area (Å²) in [5.41, 5.74) is 4.42. The van der Waals surface area contributed by atoms with Gasteiger partial charge in [0.2, 0.25) is 11.8 Å². The number of nitro groups is 1. The van der Waals surface area contributed by atoms with Crippen LogP contribution in [0.4, 0.5) is 10.7 Å². The van der Waals surface area contributed by atoms with Gasteiger partial charge in [-0.1, -0.05) is 29.5 Å². The predicted molar refractivity (Wildman–Crippen MR) is 103 cm³/mol. The summed E-state index contributed by atoms with van der Waals surface area (Å²) in [7, 11) is 0. The molecule has 0 saturated carbocycles. The molecule has 0 saturated heterocycles. The van der Waals surface area contributed by atoms with Crippen LogP contribution in [0.25, 0.3) is 0 Å². The minimum absolute atomic E-state index is 0.00943. The van der Waals surface area contributed by atoms with Gasteiger partial charge in [0.05, 0.1) is 16.0 Å². The predicted octanol–water partition coefficient (Wildman–Crippen LogP) is 2.87. The van der Waals surface area contributed by atoms with Gasteiger partial charge >= 0.3 is 5.00 Å². The summed E-state index contributed by atoms with van der Waals surface area (Å²) >= 11 is 0.963. The van der Waals surface area contributed by atoms with Gasteiger partial charge in [0.25, 0.3) is 0 Å². The Kier molecular flexibility index (Phi) is 5.92. The molecule has 0 radical (unpaired) electrons. The third kappa shape index (κ3) is 4.76. The number of nitrogens with one attached hydrogen (secondary N) is 1. The lowest BCUT2D eigenvalue weighted by molar-refractivity contribution is -0.380. The van der Waals surface area contributed by atoms with Gasteiger partial charge in [0.1, 0.15) is 0 Å². The number of anilines is 1. The topological polar surface area (TPSA) is 105 Å². The Hall–Kier alpha value is -3.07. The van der Waals surface area contributed by atoms with Crippen LogP contribution in [0.15, 0.2) is 41.5 Å². The van der Waals surface area contributed by atoms with Crippen molar-refractivity contribution >= 4 is 40.1 Å². The number of hydrogen-bond acceptors (Lipinski definition) is 6. The number of nitrogens with zero attached hydrogens (tertiary/aromatic N) is 3. The Morgan fingerprint density at radius 2 is 2.07 bits per heavy atom. The Morgan fingerprint density at radius 3 is 2.85 bits per heavy atom. The standard InChI is InChI=1S/C18H18N4O4S/c23-16(20-19-12-14-7-10-18(27-14)22(25)26)8-9-17(24)21-11-3-5-13-4-1-2-6-15(13)21/h1-2,4,6-7,10,12H,3,5,8-9,11H2,(H,20,23). The molecule has 9 heteroatoms. The first-order chi connectivity index (χ1) is 13.0. The van der Waals surface area contributed by atoms with E-state index in [1.54, 1.807) is 11.0 Å². The van der Waals surface area contributed by atoms with Crippen molar-refractivity contribution in [1.29, 1.82) is 0 Å². The number of rotatable bonds is 6. The molecule has 140 valence electrons. The van der Waals surface area contributed by atoms with Crippen LogP contribution in [-0.4, -0.2) is 29.5 Å². The van der Waals surface area contributed by atoms with Crippen LogP contribution in [0.1, 0.15) is 29.7 Å². The third-order valence-electron chi connectivity index (χ3n) is 4.15. The average Bonchev–Trinajstić information content (AvgIpc) is 3.15. The largest absolute Gasteiger partial charge is 0.324 e. The zero-order valence-corrected chi connectivity index (χ0v) is 15.3. The number of hydrogen-bond donors (Lipinski definition) is 1. The molecule has 1 aromatic heterocycles. The molecule has 27 heavy (non-hydrogen) atoms. The molecule has 8 nitrogen and oxygen atoms in total. The maximum absolute atomic E-state index is 12.5. The van der Waals surface area contributed by atoms with Crippen LogP contribution in [0.5, 0.6) is 0 Å². The van der Waals surface area contributed by atoms with Crippen LogP contribution >= 0.6 is 11.3 Å². The molecule has 2 amide bonds. The third-order valence-corrected chi connectivity index (χ3v) is 5.12. The number of hydrazone groups is 1. The molecule has 1 aliphatic rings. The van der Waals surface area contributed by atoms with E-state index in [-0.39, 0.29) is 29.7 Å². The number of aryl methyl sites for hydroxylation is 1. The molecule has 0 atom stereocenters. The Labute approximate surface area is 159 Å². The molecule has 1 aromatic carbocycles. The van der Waals surface area contributed by atoms with Crippen molar-refractivity contribution in [3.63, 3.8) is 0 Å². The van der Waals surface area contributed by atoms with Crippen LogP contribution in [0.3, 0.4) is 0 Å². The van der Waals surface area contributed by atoms with E-state index in [1.807, 2.05) is 24.3 Å². The maximum atomic E-state index is 12.5. The maximum Gasteiger partial charge on any atom is 0.324 e. The SMILES string of the molecule is O=C(CCC(=O)N1CCCc2ccccc21)NN=Cc1ccc([N+](=O)[O-])s1. The van der Waals surface area contributed by atoms with Crippen LogP contribution in [0.2, 0.25) is 0 Å². The second kappa shape index (κ2) is 8.54. The second-order valence-corrected chi connectivity index (χ2v) is 7.10. The monoisotopic (exact) mass is 386 g/mol. The lowest BCUT2D eigenvalue weighted by Gasteiger charge is -2.29. The van der Waals surface area contributed by atoms with Crippen molar-refractivity contribution in [3.05, 3.63) is 57.0 Å².